The van der Waals surface area contributed by atoms with E-state index in [1.165, 1.54) is 0 Å². The number of hydrogen-bond donors (Lipinski definition) is 2. The molecule has 4 aromatic rings. The van der Waals surface area contributed by atoms with Gasteiger partial charge in [0.25, 0.3) is 0 Å². The fourth-order valence-corrected chi connectivity index (χ4v) is 4.42. The van der Waals surface area contributed by atoms with Crippen LogP contribution in [0, 0.1) is 0 Å². The zero-order valence-electron chi connectivity index (χ0n) is 17.8. The van der Waals surface area contributed by atoms with Crippen molar-refractivity contribution >= 4 is 16.9 Å². The van der Waals surface area contributed by atoms with E-state index < -0.39 is 0 Å². The molecule has 5 heterocycles. The number of hydrogen-bond acceptors (Lipinski definition) is 8. The highest BCUT2D eigenvalue weighted by Gasteiger charge is 2.41. The quantitative estimate of drug-likeness (QED) is 0.454. The fraction of sp³-hybridized carbons (Fsp3) is 0.250. The van der Waals surface area contributed by atoms with Crippen molar-refractivity contribution in [3.8, 4) is 22.9 Å². The van der Waals surface area contributed by atoms with Gasteiger partial charge in [0.05, 0.1) is 11.2 Å². The minimum atomic E-state index is -0.189. The number of carbonyl (C=O) groups is 1. The zero-order chi connectivity index (χ0) is 22.2. The zero-order valence-corrected chi connectivity index (χ0v) is 17.8. The number of nitrogens with one attached hydrogen (secondary N) is 2. The van der Waals surface area contributed by atoms with Crippen LogP contribution in [0.4, 0.5) is 0 Å². The molecule has 1 aromatic carbocycles. The third-order valence-corrected chi connectivity index (χ3v) is 6.15. The Morgan fingerprint density at radius 1 is 1.12 bits per heavy atom. The molecule has 166 valence electrons. The molecule has 2 aliphatic heterocycles. The number of cyclic esters (lactones) is 1. The molecule has 2 fully saturated rings. The van der Waals surface area contributed by atoms with Crippen molar-refractivity contribution in [3.05, 3.63) is 66.6 Å². The number of ether oxygens (including phenoxy) is 2. The van der Waals surface area contributed by atoms with E-state index in [-0.39, 0.29) is 18.1 Å². The van der Waals surface area contributed by atoms with Crippen molar-refractivity contribution in [2.24, 2.45) is 0 Å². The molecule has 0 bridgehead atoms. The number of benzene rings is 1. The van der Waals surface area contributed by atoms with Crippen molar-refractivity contribution in [3.63, 3.8) is 0 Å². The minimum Gasteiger partial charge on any atom is -0.448 e. The van der Waals surface area contributed by atoms with Gasteiger partial charge >= 0.3 is 5.97 Å². The summed E-state index contributed by atoms with van der Waals surface area (Å²) in [6, 6.07) is 15.6. The normalized spacial score (nSPS) is 20.5. The van der Waals surface area contributed by atoms with Gasteiger partial charge in [-0.2, -0.15) is 5.10 Å². The molecule has 9 nitrogen and oxygen atoms in total. The van der Waals surface area contributed by atoms with Crippen molar-refractivity contribution in [2.45, 2.75) is 18.5 Å². The Balaban J connectivity index is 1.16. The van der Waals surface area contributed by atoms with Crippen LogP contribution < -0.4 is 10.1 Å². The maximum atomic E-state index is 11.9. The van der Waals surface area contributed by atoms with Crippen LogP contribution in [0.25, 0.3) is 22.2 Å². The second-order valence-corrected chi connectivity index (χ2v) is 8.25. The first kappa shape index (κ1) is 19.8. The summed E-state index contributed by atoms with van der Waals surface area (Å²) in [6.45, 7) is 1.82. The van der Waals surface area contributed by atoms with E-state index in [1.54, 1.807) is 12.4 Å². The lowest BCUT2D eigenvalue weighted by atomic mass is 10.0. The molecular weight excluding hydrogens is 420 g/mol. The van der Waals surface area contributed by atoms with Crippen LogP contribution >= 0.6 is 0 Å². The molecule has 3 aromatic heterocycles. The summed E-state index contributed by atoms with van der Waals surface area (Å²) in [5.74, 6) is 1.08. The summed E-state index contributed by atoms with van der Waals surface area (Å²) in [4.78, 5) is 23.2. The van der Waals surface area contributed by atoms with Crippen molar-refractivity contribution in [2.75, 3.05) is 19.8 Å². The number of nitrogens with zero attached hydrogens (tertiary/aromatic N) is 4. The van der Waals surface area contributed by atoms with Crippen LogP contribution in [-0.4, -0.2) is 62.9 Å². The summed E-state index contributed by atoms with van der Waals surface area (Å²) in [5.41, 5.74) is 3.74. The largest absolute Gasteiger partial charge is 0.448 e. The lowest BCUT2D eigenvalue weighted by molar-refractivity contribution is -0.139. The van der Waals surface area contributed by atoms with Crippen LogP contribution in [0.15, 0.2) is 60.9 Å². The molecule has 0 radical (unpaired) electrons. The molecule has 2 saturated heterocycles. The first-order valence-electron chi connectivity index (χ1n) is 10.9. The summed E-state index contributed by atoms with van der Waals surface area (Å²) < 4.78 is 11.2. The van der Waals surface area contributed by atoms with Gasteiger partial charge < -0.3 is 14.8 Å². The average molecular weight is 442 g/mol. The molecule has 2 aliphatic rings. The highest BCUT2D eigenvalue weighted by molar-refractivity contribution is 5.80. The summed E-state index contributed by atoms with van der Waals surface area (Å²) in [6.07, 6.45) is 4.21. The van der Waals surface area contributed by atoms with Crippen LogP contribution in [-0.2, 0) is 16.0 Å². The molecule has 0 amide bonds. The van der Waals surface area contributed by atoms with E-state index in [0.717, 1.165) is 40.8 Å². The Morgan fingerprint density at radius 3 is 2.94 bits per heavy atom. The number of carbonyl (C=O) groups excluding carboxylic acids is 1. The van der Waals surface area contributed by atoms with Gasteiger partial charge in [0.15, 0.2) is 0 Å². The standard InChI is InChI=1S/C24H22N6O3/c31-24-22-13-25-12-18(30(22)14-32-24)10-17-3-1-15-9-19(4-5-20(15)28-17)33-23-6-2-16(11-26-23)21-7-8-27-29-21/h1-9,11,18,22,25H,10,12-14H2,(H,27,29). The smallest absolute Gasteiger partial charge is 0.326 e. The lowest BCUT2D eigenvalue weighted by Crippen LogP contribution is -2.56. The summed E-state index contributed by atoms with van der Waals surface area (Å²) >= 11 is 0. The van der Waals surface area contributed by atoms with Crippen molar-refractivity contribution in [1.82, 2.24) is 30.4 Å². The Kier molecular flexibility index (Phi) is 4.97. The number of esters is 1. The molecular formula is C24H22N6O3. The monoisotopic (exact) mass is 442 g/mol. The molecule has 0 spiro atoms. The fourth-order valence-electron chi connectivity index (χ4n) is 4.42. The molecule has 0 aliphatic carbocycles. The number of pyridine rings is 2. The van der Waals surface area contributed by atoms with Crippen LogP contribution in [0.3, 0.4) is 0 Å². The molecule has 2 unspecified atom stereocenters. The average Bonchev–Trinajstić information content (AvgIpc) is 3.51. The Labute approximate surface area is 189 Å². The third-order valence-electron chi connectivity index (χ3n) is 6.15. The van der Waals surface area contributed by atoms with E-state index in [0.29, 0.717) is 24.9 Å². The predicted molar refractivity (Wildman–Crippen MR) is 121 cm³/mol. The summed E-state index contributed by atoms with van der Waals surface area (Å²) in [5, 5.41) is 11.2. The molecule has 6 rings (SSSR count). The number of H-pyrrole nitrogens is 1. The van der Waals surface area contributed by atoms with E-state index in [1.807, 2.05) is 42.5 Å². The molecule has 33 heavy (non-hydrogen) atoms. The number of fused-ring (bicyclic) bond motifs is 2. The van der Waals surface area contributed by atoms with Gasteiger partial charge in [-0.1, -0.05) is 6.07 Å². The van der Waals surface area contributed by atoms with E-state index in [4.69, 9.17) is 14.5 Å². The number of aromatic nitrogens is 4. The highest BCUT2D eigenvalue weighted by atomic mass is 16.6. The van der Waals surface area contributed by atoms with Gasteiger partial charge in [0.1, 0.15) is 18.5 Å². The van der Waals surface area contributed by atoms with Crippen LogP contribution in [0.2, 0.25) is 0 Å². The van der Waals surface area contributed by atoms with Gasteiger partial charge in [-0.3, -0.25) is 19.8 Å². The first-order chi connectivity index (χ1) is 16.2. The minimum absolute atomic E-state index is 0.142. The van der Waals surface area contributed by atoms with Gasteiger partial charge in [-0.05, 0) is 36.4 Å². The van der Waals surface area contributed by atoms with E-state index in [2.05, 4.69) is 31.5 Å². The third kappa shape index (κ3) is 3.92. The number of aromatic amines is 1. The Bertz CT molecular complexity index is 1290. The molecule has 2 N–H and O–H groups in total. The Hall–Kier alpha value is -3.82. The van der Waals surface area contributed by atoms with Crippen LogP contribution in [0.5, 0.6) is 11.6 Å². The SMILES string of the molecule is O=C1OCN2C(Cc3ccc4cc(Oc5ccc(-c6ccn[nH]6)cn5)ccc4n3)CNCC12. The van der Waals surface area contributed by atoms with Crippen molar-refractivity contribution < 1.29 is 14.3 Å². The van der Waals surface area contributed by atoms with Gasteiger partial charge in [-0.15, -0.1) is 0 Å². The van der Waals surface area contributed by atoms with E-state index >= 15 is 0 Å². The second kappa shape index (κ2) is 8.27. The number of piperazine rings is 1. The highest BCUT2D eigenvalue weighted by Crippen LogP contribution is 2.26. The topological polar surface area (TPSA) is 105 Å². The lowest BCUT2D eigenvalue weighted by Gasteiger charge is -2.34. The first-order valence-corrected chi connectivity index (χ1v) is 10.9. The molecule has 9 heteroatoms. The number of rotatable bonds is 5. The predicted octanol–water partition coefficient (Wildman–Crippen LogP) is 2.51. The van der Waals surface area contributed by atoms with E-state index in [9.17, 15) is 4.79 Å². The molecule has 0 saturated carbocycles. The Morgan fingerprint density at radius 2 is 2.09 bits per heavy atom. The van der Waals surface area contributed by atoms with Gasteiger partial charge in [0, 0.05) is 60.7 Å². The van der Waals surface area contributed by atoms with Crippen LogP contribution in [0.1, 0.15) is 5.69 Å². The maximum Gasteiger partial charge on any atom is 0.326 e. The second-order valence-electron chi connectivity index (χ2n) is 8.25. The maximum absolute atomic E-state index is 11.9. The van der Waals surface area contributed by atoms with Crippen molar-refractivity contribution in [1.29, 1.82) is 0 Å². The van der Waals surface area contributed by atoms with Gasteiger partial charge in [-0.25, -0.2) is 4.98 Å². The summed E-state index contributed by atoms with van der Waals surface area (Å²) in [7, 11) is 0. The molecule has 2 atom stereocenters. The van der Waals surface area contributed by atoms with Gasteiger partial charge in [0.2, 0.25) is 5.88 Å².